The maximum Gasteiger partial charge on any atom is 0.227 e. The molecule has 1 aliphatic heterocycles. The van der Waals surface area contributed by atoms with E-state index in [1.165, 1.54) is 0 Å². The van der Waals surface area contributed by atoms with Gasteiger partial charge in [0.2, 0.25) is 5.71 Å². The quantitative estimate of drug-likeness (QED) is 0.476. The average molecular weight is 354 g/mol. The Morgan fingerprint density at radius 2 is 1.93 bits per heavy atom. The molecule has 4 aromatic rings. The van der Waals surface area contributed by atoms with E-state index in [1.807, 2.05) is 24.3 Å². The Hall–Kier alpha value is -3.52. The molecule has 0 spiro atoms. The summed E-state index contributed by atoms with van der Waals surface area (Å²) in [4.78, 5) is 8.79. The maximum absolute atomic E-state index is 9.71. The molecular formula is C22H18N4O. The van der Waals surface area contributed by atoms with Crippen molar-refractivity contribution in [2.75, 3.05) is 16.8 Å². The van der Waals surface area contributed by atoms with Crippen LogP contribution < -0.4 is 9.80 Å². The zero-order valence-corrected chi connectivity index (χ0v) is 15.4. The number of furan rings is 1. The molecule has 0 saturated carbocycles. The van der Waals surface area contributed by atoms with Gasteiger partial charge in [-0.1, -0.05) is 18.2 Å². The lowest BCUT2D eigenvalue weighted by atomic mass is 10.1. The average Bonchev–Trinajstić information content (AvgIpc) is 3.18. The molecule has 1 atom stereocenters. The van der Waals surface area contributed by atoms with Crippen LogP contribution in [0.25, 0.3) is 22.1 Å². The summed E-state index contributed by atoms with van der Waals surface area (Å²) in [5.41, 5.74) is 6.17. The molecule has 0 aliphatic carbocycles. The second kappa shape index (κ2) is 5.49. The number of hydrogen-bond donors (Lipinski definition) is 0. The Labute approximate surface area is 157 Å². The number of nitrogens with zero attached hydrogens (tertiary/aromatic N) is 4. The van der Waals surface area contributed by atoms with E-state index >= 15 is 0 Å². The Morgan fingerprint density at radius 3 is 2.74 bits per heavy atom. The number of aromatic nitrogens is 1. The first kappa shape index (κ1) is 15.7. The highest BCUT2D eigenvalue weighted by atomic mass is 16.3. The first-order chi connectivity index (χ1) is 13.1. The fraction of sp³-hybridized carbons (Fsp3) is 0.182. The molecule has 1 aliphatic rings. The van der Waals surface area contributed by atoms with Gasteiger partial charge in [-0.25, -0.2) is 4.98 Å². The van der Waals surface area contributed by atoms with Crippen molar-refractivity contribution in [1.29, 1.82) is 5.26 Å². The third-order valence-electron chi connectivity index (χ3n) is 5.52. The highest BCUT2D eigenvalue weighted by Gasteiger charge is 2.36. The minimum Gasteiger partial charge on any atom is -0.435 e. The zero-order chi connectivity index (χ0) is 18.7. The van der Waals surface area contributed by atoms with Gasteiger partial charge in [0.05, 0.1) is 22.6 Å². The van der Waals surface area contributed by atoms with E-state index in [9.17, 15) is 5.26 Å². The second-order valence-corrected chi connectivity index (χ2v) is 6.96. The van der Waals surface area contributed by atoms with Crippen molar-refractivity contribution in [2.24, 2.45) is 0 Å². The Morgan fingerprint density at radius 1 is 1.07 bits per heavy atom. The van der Waals surface area contributed by atoms with Crippen LogP contribution in [0.4, 0.5) is 17.1 Å². The second-order valence-electron chi connectivity index (χ2n) is 6.96. The van der Waals surface area contributed by atoms with Gasteiger partial charge in [-0.2, -0.15) is 5.26 Å². The number of nitriles is 1. The standard InChI is InChI=1S/C22H18N4O/c1-13-9-10-16-17-7-5-11-24-22(17)27-21(16)19(13)26-14(2)25(3)18-8-4-6-15(12-23)20(18)26/h4-11,14H,1-3H3/t14-/m0/s1. The summed E-state index contributed by atoms with van der Waals surface area (Å²) in [6.07, 6.45) is 1.80. The lowest BCUT2D eigenvalue weighted by molar-refractivity contribution is 0.648. The van der Waals surface area contributed by atoms with Crippen LogP contribution in [0.3, 0.4) is 0 Å². The number of para-hydroxylation sites is 1. The smallest absolute Gasteiger partial charge is 0.227 e. The molecule has 0 amide bonds. The molecule has 0 N–H and O–H groups in total. The topological polar surface area (TPSA) is 56.3 Å². The molecular weight excluding hydrogens is 336 g/mol. The largest absolute Gasteiger partial charge is 0.435 e. The molecule has 27 heavy (non-hydrogen) atoms. The molecule has 0 radical (unpaired) electrons. The number of aryl methyl sites for hydroxylation is 1. The van der Waals surface area contributed by atoms with Crippen molar-refractivity contribution >= 4 is 39.1 Å². The van der Waals surface area contributed by atoms with Gasteiger partial charge in [-0.3, -0.25) is 0 Å². The van der Waals surface area contributed by atoms with Crippen molar-refractivity contribution < 1.29 is 4.42 Å². The van der Waals surface area contributed by atoms with Gasteiger partial charge in [0.15, 0.2) is 5.58 Å². The van der Waals surface area contributed by atoms with Crippen molar-refractivity contribution in [3.63, 3.8) is 0 Å². The van der Waals surface area contributed by atoms with E-state index < -0.39 is 0 Å². The molecule has 0 unspecified atom stereocenters. The minimum absolute atomic E-state index is 0.0555. The van der Waals surface area contributed by atoms with Gasteiger partial charge in [0.25, 0.3) is 0 Å². The third-order valence-corrected chi connectivity index (χ3v) is 5.52. The van der Waals surface area contributed by atoms with E-state index in [0.29, 0.717) is 11.3 Å². The molecule has 3 heterocycles. The molecule has 2 aromatic heterocycles. The highest BCUT2D eigenvalue weighted by molar-refractivity contribution is 6.10. The SMILES string of the molecule is Cc1ccc2c(oc3ncccc32)c1N1c2c(C#N)cccc2N(C)[C@@H]1C. The Kier molecular flexibility index (Phi) is 3.19. The molecule has 0 saturated heterocycles. The van der Waals surface area contributed by atoms with Crippen molar-refractivity contribution in [3.05, 3.63) is 59.8 Å². The maximum atomic E-state index is 9.71. The van der Waals surface area contributed by atoms with E-state index in [0.717, 1.165) is 39.0 Å². The Balaban J connectivity index is 1.88. The number of pyridine rings is 1. The van der Waals surface area contributed by atoms with Gasteiger partial charge in [0.1, 0.15) is 12.2 Å². The van der Waals surface area contributed by atoms with E-state index in [2.05, 4.69) is 59.9 Å². The van der Waals surface area contributed by atoms with Crippen LogP contribution in [0.15, 0.2) is 53.1 Å². The first-order valence-corrected chi connectivity index (χ1v) is 8.94. The monoisotopic (exact) mass is 354 g/mol. The van der Waals surface area contributed by atoms with Gasteiger partial charge < -0.3 is 14.2 Å². The molecule has 2 aromatic carbocycles. The minimum atomic E-state index is 0.0555. The molecule has 0 fully saturated rings. The molecule has 5 nitrogen and oxygen atoms in total. The van der Waals surface area contributed by atoms with E-state index in [1.54, 1.807) is 6.20 Å². The van der Waals surface area contributed by atoms with E-state index in [-0.39, 0.29) is 6.17 Å². The number of hydrogen-bond acceptors (Lipinski definition) is 5. The van der Waals surface area contributed by atoms with E-state index in [4.69, 9.17) is 4.42 Å². The fourth-order valence-corrected chi connectivity index (χ4v) is 4.08. The fourth-order valence-electron chi connectivity index (χ4n) is 4.08. The van der Waals surface area contributed by atoms with Crippen LogP contribution >= 0.6 is 0 Å². The van der Waals surface area contributed by atoms with Crippen LogP contribution in [0.5, 0.6) is 0 Å². The number of fused-ring (bicyclic) bond motifs is 4. The summed E-state index contributed by atoms with van der Waals surface area (Å²) in [6, 6.07) is 16.4. The third kappa shape index (κ3) is 2.01. The van der Waals surface area contributed by atoms with Crippen LogP contribution in [-0.4, -0.2) is 18.2 Å². The zero-order valence-electron chi connectivity index (χ0n) is 15.4. The molecule has 5 rings (SSSR count). The van der Waals surface area contributed by atoms with Gasteiger partial charge in [0, 0.05) is 24.0 Å². The van der Waals surface area contributed by atoms with Gasteiger partial charge in [-0.15, -0.1) is 0 Å². The van der Waals surface area contributed by atoms with Crippen molar-refractivity contribution in [3.8, 4) is 6.07 Å². The van der Waals surface area contributed by atoms with Crippen LogP contribution in [0.1, 0.15) is 18.1 Å². The lowest BCUT2D eigenvalue weighted by Gasteiger charge is -2.29. The molecule has 5 heteroatoms. The lowest BCUT2D eigenvalue weighted by Crippen LogP contribution is -2.36. The molecule has 0 bridgehead atoms. The number of benzene rings is 2. The summed E-state index contributed by atoms with van der Waals surface area (Å²) in [7, 11) is 2.06. The predicted octanol–water partition coefficient (Wildman–Crippen LogP) is 5.10. The molecule has 132 valence electrons. The van der Waals surface area contributed by atoms with Gasteiger partial charge >= 0.3 is 0 Å². The van der Waals surface area contributed by atoms with Crippen LogP contribution in [0, 0.1) is 18.3 Å². The van der Waals surface area contributed by atoms with Crippen molar-refractivity contribution in [1.82, 2.24) is 4.98 Å². The number of anilines is 3. The summed E-state index contributed by atoms with van der Waals surface area (Å²) < 4.78 is 6.19. The number of rotatable bonds is 1. The van der Waals surface area contributed by atoms with Gasteiger partial charge in [-0.05, 0) is 43.7 Å². The van der Waals surface area contributed by atoms with Crippen molar-refractivity contribution in [2.45, 2.75) is 20.0 Å². The van der Waals surface area contributed by atoms with Crippen LogP contribution in [-0.2, 0) is 0 Å². The normalized spacial score (nSPS) is 16.1. The first-order valence-electron chi connectivity index (χ1n) is 8.94. The Bertz CT molecular complexity index is 1250. The summed E-state index contributed by atoms with van der Waals surface area (Å²) in [5, 5.41) is 11.7. The summed E-state index contributed by atoms with van der Waals surface area (Å²) in [5.74, 6) is 0. The summed E-state index contributed by atoms with van der Waals surface area (Å²) >= 11 is 0. The highest BCUT2D eigenvalue weighted by Crippen LogP contribution is 2.49. The summed E-state index contributed by atoms with van der Waals surface area (Å²) in [6.45, 7) is 4.22. The van der Waals surface area contributed by atoms with Crippen LogP contribution in [0.2, 0.25) is 0 Å². The predicted molar refractivity (Wildman–Crippen MR) is 107 cm³/mol.